The van der Waals surface area contributed by atoms with Gasteiger partial charge in [-0.15, -0.1) is 0 Å². The lowest BCUT2D eigenvalue weighted by molar-refractivity contribution is 0.477. The van der Waals surface area contributed by atoms with Crippen LogP contribution >= 0.6 is 0 Å². The lowest BCUT2D eigenvalue weighted by Gasteiger charge is -2.15. The first-order valence-electron chi connectivity index (χ1n) is 7.45. The van der Waals surface area contributed by atoms with E-state index >= 15 is 0 Å². The first-order valence-corrected chi connectivity index (χ1v) is 8.89. The molecule has 23 heavy (non-hydrogen) atoms. The summed E-state index contributed by atoms with van der Waals surface area (Å²) in [4.78, 5) is 4.56. The molecule has 1 fully saturated rings. The Hall–Kier alpha value is -2.05. The molecule has 0 aromatic heterocycles. The van der Waals surface area contributed by atoms with E-state index in [1.54, 1.807) is 42.6 Å². The number of aliphatic imine (C=N–C) groups is 1. The minimum absolute atomic E-state index is 0.292. The maximum absolute atomic E-state index is 12.8. The van der Waals surface area contributed by atoms with Crippen LogP contribution in [0.4, 0.5) is 10.1 Å². The minimum atomic E-state index is -3.39. The maximum atomic E-state index is 12.8. The molecule has 0 aliphatic carbocycles. The number of rotatable bonds is 4. The fourth-order valence-electron chi connectivity index (χ4n) is 2.48. The van der Waals surface area contributed by atoms with Gasteiger partial charge < -0.3 is 0 Å². The fourth-order valence-corrected chi connectivity index (χ4v) is 4.00. The molecule has 0 radical (unpaired) electrons. The van der Waals surface area contributed by atoms with Gasteiger partial charge in [0.1, 0.15) is 5.82 Å². The smallest absolute Gasteiger partial charge is 0.243 e. The fraction of sp³-hybridized carbons (Fsp3) is 0.235. The summed E-state index contributed by atoms with van der Waals surface area (Å²) in [6.45, 7) is 1.18. The zero-order chi connectivity index (χ0) is 16.3. The Morgan fingerprint density at radius 3 is 2.17 bits per heavy atom. The number of benzene rings is 2. The SMILES string of the molecule is O=S(=O)(c1ccc(N=Cc2ccc(F)cc2)cc1)N1CCCC1. The molecule has 1 saturated heterocycles. The first-order chi connectivity index (χ1) is 11.1. The molecule has 6 heteroatoms. The number of sulfonamides is 1. The summed E-state index contributed by atoms with van der Waals surface area (Å²) in [6.07, 6.45) is 3.45. The standard InChI is InChI=1S/C17H17FN2O2S/c18-15-5-3-14(4-6-15)13-19-16-7-9-17(10-8-16)23(21,22)20-11-1-2-12-20/h3-10,13H,1-2,11-12H2. The summed E-state index contributed by atoms with van der Waals surface area (Å²) in [7, 11) is -3.39. The van der Waals surface area contributed by atoms with Gasteiger partial charge in [-0.05, 0) is 54.8 Å². The van der Waals surface area contributed by atoms with Crippen molar-refractivity contribution in [3.05, 3.63) is 59.9 Å². The summed E-state index contributed by atoms with van der Waals surface area (Å²) in [6, 6.07) is 12.5. The van der Waals surface area contributed by atoms with Gasteiger partial charge in [0.25, 0.3) is 0 Å². The van der Waals surface area contributed by atoms with E-state index < -0.39 is 10.0 Å². The zero-order valence-corrected chi connectivity index (χ0v) is 13.3. The third-order valence-electron chi connectivity index (χ3n) is 3.77. The molecule has 0 N–H and O–H groups in total. The van der Waals surface area contributed by atoms with Gasteiger partial charge in [-0.2, -0.15) is 4.31 Å². The third kappa shape index (κ3) is 3.65. The van der Waals surface area contributed by atoms with Crippen LogP contribution in [0.2, 0.25) is 0 Å². The van der Waals surface area contributed by atoms with Crippen LogP contribution in [0.5, 0.6) is 0 Å². The average Bonchev–Trinajstić information content (AvgIpc) is 3.10. The van der Waals surface area contributed by atoms with Gasteiger partial charge in [-0.25, -0.2) is 12.8 Å². The van der Waals surface area contributed by atoms with Crippen molar-refractivity contribution < 1.29 is 12.8 Å². The van der Waals surface area contributed by atoms with Gasteiger partial charge in [-0.3, -0.25) is 4.99 Å². The van der Waals surface area contributed by atoms with Crippen LogP contribution in [-0.2, 0) is 10.0 Å². The number of hydrogen-bond acceptors (Lipinski definition) is 3. The number of halogens is 1. The Morgan fingerprint density at radius 2 is 1.57 bits per heavy atom. The largest absolute Gasteiger partial charge is 0.256 e. The second kappa shape index (κ2) is 6.60. The molecule has 2 aromatic rings. The highest BCUT2D eigenvalue weighted by atomic mass is 32.2. The highest BCUT2D eigenvalue weighted by Gasteiger charge is 2.26. The zero-order valence-electron chi connectivity index (χ0n) is 12.5. The van der Waals surface area contributed by atoms with E-state index in [1.165, 1.54) is 16.4 Å². The van der Waals surface area contributed by atoms with Gasteiger partial charge in [0.2, 0.25) is 10.0 Å². The Bertz CT molecular complexity index is 793. The quantitative estimate of drug-likeness (QED) is 0.806. The van der Waals surface area contributed by atoms with Crippen LogP contribution in [0.1, 0.15) is 18.4 Å². The van der Waals surface area contributed by atoms with E-state index in [0.29, 0.717) is 23.7 Å². The van der Waals surface area contributed by atoms with Crippen LogP contribution in [0.3, 0.4) is 0 Å². The second-order valence-electron chi connectivity index (χ2n) is 5.41. The molecule has 1 aliphatic rings. The van der Waals surface area contributed by atoms with E-state index in [2.05, 4.69) is 4.99 Å². The maximum Gasteiger partial charge on any atom is 0.243 e. The lowest BCUT2D eigenvalue weighted by atomic mass is 10.2. The average molecular weight is 332 g/mol. The van der Waals surface area contributed by atoms with E-state index in [1.807, 2.05) is 0 Å². The molecule has 0 atom stereocenters. The van der Waals surface area contributed by atoms with Crippen LogP contribution < -0.4 is 0 Å². The second-order valence-corrected chi connectivity index (χ2v) is 7.35. The van der Waals surface area contributed by atoms with E-state index in [-0.39, 0.29) is 5.82 Å². The highest BCUT2D eigenvalue weighted by Crippen LogP contribution is 2.23. The lowest BCUT2D eigenvalue weighted by Crippen LogP contribution is -2.27. The Balaban J connectivity index is 1.75. The Kier molecular flexibility index (Phi) is 4.54. The Labute approximate surface area is 135 Å². The first kappa shape index (κ1) is 15.8. The van der Waals surface area contributed by atoms with Crippen LogP contribution in [-0.4, -0.2) is 32.0 Å². The van der Waals surface area contributed by atoms with Crippen molar-refractivity contribution in [1.82, 2.24) is 4.31 Å². The molecular formula is C17H17FN2O2S. The molecule has 0 amide bonds. The Morgan fingerprint density at radius 1 is 0.957 bits per heavy atom. The molecular weight excluding hydrogens is 315 g/mol. The number of hydrogen-bond donors (Lipinski definition) is 0. The minimum Gasteiger partial charge on any atom is -0.256 e. The summed E-state index contributed by atoms with van der Waals surface area (Å²) >= 11 is 0. The van der Waals surface area contributed by atoms with Crippen LogP contribution in [0, 0.1) is 5.82 Å². The molecule has 0 spiro atoms. The summed E-state index contributed by atoms with van der Waals surface area (Å²) in [5.41, 5.74) is 1.43. The van der Waals surface area contributed by atoms with Crippen molar-refractivity contribution >= 4 is 21.9 Å². The predicted octanol–water partition coefficient (Wildman–Crippen LogP) is 3.36. The topological polar surface area (TPSA) is 49.7 Å². The summed E-state index contributed by atoms with van der Waals surface area (Å²) < 4.78 is 39.2. The van der Waals surface area contributed by atoms with Gasteiger partial charge >= 0.3 is 0 Å². The highest BCUT2D eigenvalue weighted by molar-refractivity contribution is 7.89. The molecule has 4 nitrogen and oxygen atoms in total. The van der Waals surface area contributed by atoms with Gasteiger partial charge in [-0.1, -0.05) is 12.1 Å². The van der Waals surface area contributed by atoms with Crippen LogP contribution in [0.25, 0.3) is 0 Å². The van der Waals surface area contributed by atoms with Gasteiger partial charge in [0, 0.05) is 19.3 Å². The molecule has 120 valence electrons. The van der Waals surface area contributed by atoms with E-state index in [9.17, 15) is 12.8 Å². The molecule has 0 unspecified atom stereocenters. The molecule has 1 aliphatic heterocycles. The van der Waals surface area contributed by atoms with Crippen LogP contribution in [0.15, 0.2) is 58.4 Å². The van der Waals surface area contributed by atoms with Gasteiger partial charge in [0.15, 0.2) is 0 Å². The molecule has 2 aromatic carbocycles. The molecule has 0 saturated carbocycles. The van der Waals surface area contributed by atoms with Gasteiger partial charge in [0.05, 0.1) is 10.6 Å². The van der Waals surface area contributed by atoms with E-state index in [0.717, 1.165) is 18.4 Å². The van der Waals surface area contributed by atoms with Crippen molar-refractivity contribution in [3.8, 4) is 0 Å². The van der Waals surface area contributed by atoms with Crippen molar-refractivity contribution in [1.29, 1.82) is 0 Å². The predicted molar refractivity (Wildman–Crippen MR) is 88.1 cm³/mol. The molecule has 1 heterocycles. The monoisotopic (exact) mass is 332 g/mol. The molecule has 0 bridgehead atoms. The van der Waals surface area contributed by atoms with Crippen molar-refractivity contribution in [2.45, 2.75) is 17.7 Å². The van der Waals surface area contributed by atoms with E-state index in [4.69, 9.17) is 0 Å². The summed E-state index contributed by atoms with van der Waals surface area (Å²) in [5.74, 6) is -0.293. The summed E-state index contributed by atoms with van der Waals surface area (Å²) in [5, 5.41) is 0. The van der Waals surface area contributed by atoms with Crippen molar-refractivity contribution in [2.75, 3.05) is 13.1 Å². The third-order valence-corrected chi connectivity index (χ3v) is 5.69. The van der Waals surface area contributed by atoms with Crippen molar-refractivity contribution in [3.63, 3.8) is 0 Å². The normalized spacial score (nSPS) is 16.2. The molecule has 3 rings (SSSR count). The van der Waals surface area contributed by atoms with Crippen molar-refractivity contribution in [2.24, 2.45) is 4.99 Å². The number of nitrogens with zero attached hydrogens (tertiary/aromatic N) is 2.